The van der Waals surface area contributed by atoms with E-state index in [0.29, 0.717) is 0 Å². The molecule has 0 radical (unpaired) electrons. The molecule has 2 atom stereocenters. The highest BCUT2D eigenvalue weighted by atomic mass is 32.2. The van der Waals surface area contributed by atoms with E-state index < -0.39 is 0 Å². The minimum absolute atomic E-state index is 0.730. The molecule has 2 unspecified atom stereocenters. The van der Waals surface area contributed by atoms with Gasteiger partial charge >= 0.3 is 0 Å². The summed E-state index contributed by atoms with van der Waals surface area (Å²) in [6, 6.07) is 0.730. The summed E-state index contributed by atoms with van der Waals surface area (Å²) in [5, 5.41) is 4.32. The van der Waals surface area contributed by atoms with Gasteiger partial charge in [-0.1, -0.05) is 6.92 Å². The highest BCUT2D eigenvalue weighted by Gasteiger charge is 2.18. The highest BCUT2D eigenvalue weighted by molar-refractivity contribution is 8.00. The maximum absolute atomic E-state index is 3.46. The fourth-order valence-corrected chi connectivity index (χ4v) is 2.40. The topological polar surface area (TPSA) is 12.0 Å². The average molecular weight is 145 g/mol. The van der Waals surface area contributed by atoms with Crippen LogP contribution in [0.3, 0.4) is 0 Å². The van der Waals surface area contributed by atoms with E-state index in [-0.39, 0.29) is 0 Å². The van der Waals surface area contributed by atoms with Crippen molar-refractivity contribution in [2.45, 2.75) is 31.6 Å². The fraction of sp³-hybridized carbons (Fsp3) is 1.00. The SMILES string of the molecule is CCC1SCCNC1C. The van der Waals surface area contributed by atoms with Crippen LogP contribution in [0.25, 0.3) is 0 Å². The molecule has 0 bridgehead atoms. The fourth-order valence-electron chi connectivity index (χ4n) is 1.24. The summed E-state index contributed by atoms with van der Waals surface area (Å²) in [6.45, 7) is 5.74. The summed E-state index contributed by atoms with van der Waals surface area (Å²) in [5.74, 6) is 1.29. The van der Waals surface area contributed by atoms with E-state index in [1.54, 1.807) is 0 Å². The van der Waals surface area contributed by atoms with Crippen molar-refractivity contribution in [1.82, 2.24) is 5.32 Å². The molecule has 1 rings (SSSR count). The van der Waals surface area contributed by atoms with Gasteiger partial charge in [0.05, 0.1) is 0 Å². The second-order valence-electron chi connectivity index (χ2n) is 2.56. The predicted octanol–water partition coefficient (Wildman–Crippen LogP) is 1.49. The maximum atomic E-state index is 3.46. The van der Waals surface area contributed by atoms with Crippen LogP contribution in [0, 0.1) is 0 Å². The van der Waals surface area contributed by atoms with Crippen LogP contribution in [0.15, 0.2) is 0 Å². The number of nitrogens with one attached hydrogen (secondary N) is 1. The van der Waals surface area contributed by atoms with Gasteiger partial charge < -0.3 is 5.32 Å². The molecule has 1 heterocycles. The lowest BCUT2D eigenvalue weighted by Crippen LogP contribution is -2.41. The van der Waals surface area contributed by atoms with Gasteiger partial charge in [-0.05, 0) is 13.3 Å². The lowest BCUT2D eigenvalue weighted by Gasteiger charge is -2.28. The van der Waals surface area contributed by atoms with Crippen molar-refractivity contribution in [2.24, 2.45) is 0 Å². The summed E-state index contributed by atoms with van der Waals surface area (Å²) in [4.78, 5) is 0. The number of hydrogen-bond donors (Lipinski definition) is 1. The zero-order valence-corrected chi connectivity index (χ0v) is 7.00. The van der Waals surface area contributed by atoms with Crippen LogP contribution in [0.1, 0.15) is 20.3 Å². The lowest BCUT2D eigenvalue weighted by atomic mass is 10.2. The molecule has 0 amide bonds. The smallest absolute Gasteiger partial charge is 0.0196 e. The Hall–Kier alpha value is 0.310. The van der Waals surface area contributed by atoms with Gasteiger partial charge in [0, 0.05) is 23.6 Å². The first-order valence-electron chi connectivity index (χ1n) is 3.69. The van der Waals surface area contributed by atoms with Crippen molar-refractivity contribution in [2.75, 3.05) is 12.3 Å². The van der Waals surface area contributed by atoms with Gasteiger partial charge in [-0.3, -0.25) is 0 Å². The molecule has 1 aliphatic rings. The van der Waals surface area contributed by atoms with Crippen molar-refractivity contribution in [3.63, 3.8) is 0 Å². The van der Waals surface area contributed by atoms with E-state index >= 15 is 0 Å². The first-order valence-corrected chi connectivity index (χ1v) is 4.74. The first-order chi connectivity index (χ1) is 4.34. The van der Waals surface area contributed by atoms with Gasteiger partial charge in [0.2, 0.25) is 0 Å². The molecule has 0 aromatic carbocycles. The van der Waals surface area contributed by atoms with Crippen molar-refractivity contribution >= 4 is 11.8 Å². The molecule has 1 aliphatic heterocycles. The number of hydrogen-bond acceptors (Lipinski definition) is 2. The largest absolute Gasteiger partial charge is 0.312 e. The van der Waals surface area contributed by atoms with E-state index in [4.69, 9.17) is 0 Å². The molecule has 9 heavy (non-hydrogen) atoms. The van der Waals surface area contributed by atoms with E-state index in [1.807, 2.05) is 0 Å². The molecule has 1 N–H and O–H groups in total. The number of thioether (sulfide) groups is 1. The van der Waals surface area contributed by atoms with Gasteiger partial charge in [-0.2, -0.15) is 11.8 Å². The minimum atomic E-state index is 0.730. The molecular weight excluding hydrogens is 130 g/mol. The highest BCUT2D eigenvalue weighted by Crippen LogP contribution is 2.20. The Labute approximate surface area is 61.6 Å². The van der Waals surface area contributed by atoms with E-state index in [2.05, 4.69) is 30.9 Å². The maximum Gasteiger partial charge on any atom is 0.0196 e. The van der Waals surface area contributed by atoms with E-state index in [1.165, 1.54) is 18.7 Å². The number of rotatable bonds is 1. The molecule has 0 saturated carbocycles. The van der Waals surface area contributed by atoms with Crippen LogP contribution >= 0.6 is 11.8 Å². The Morgan fingerprint density at radius 1 is 1.67 bits per heavy atom. The van der Waals surface area contributed by atoms with Crippen LogP contribution in [-0.4, -0.2) is 23.6 Å². The van der Waals surface area contributed by atoms with Gasteiger partial charge in [0.25, 0.3) is 0 Å². The van der Waals surface area contributed by atoms with Gasteiger partial charge in [0.1, 0.15) is 0 Å². The molecule has 1 saturated heterocycles. The second kappa shape index (κ2) is 3.47. The zero-order chi connectivity index (χ0) is 6.69. The van der Waals surface area contributed by atoms with Crippen molar-refractivity contribution in [3.8, 4) is 0 Å². The molecule has 0 spiro atoms. The molecule has 0 aromatic heterocycles. The standard InChI is InChI=1S/C7H15NS/c1-3-7-6(2)8-4-5-9-7/h6-8H,3-5H2,1-2H3. The Balaban J connectivity index is 2.30. The Kier molecular flexibility index (Phi) is 2.86. The van der Waals surface area contributed by atoms with Crippen LogP contribution < -0.4 is 5.32 Å². The Morgan fingerprint density at radius 2 is 2.44 bits per heavy atom. The molecule has 1 fully saturated rings. The van der Waals surface area contributed by atoms with Crippen LogP contribution in [-0.2, 0) is 0 Å². The third kappa shape index (κ3) is 1.87. The minimum Gasteiger partial charge on any atom is -0.312 e. The van der Waals surface area contributed by atoms with E-state index in [9.17, 15) is 0 Å². The Morgan fingerprint density at radius 3 is 2.89 bits per heavy atom. The summed E-state index contributed by atoms with van der Waals surface area (Å²) in [6.07, 6.45) is 1.30. The van der Waals surface area contributed by atoms with Gasteiger partial charge in [-0.15, -0.1) is 0 Å². The lowest BCUT2D eigenvalue weighted by molar-refractivity contribution is 0.523. The third-order valence-corrected chi connectivity index (χ3v) is 3.47. The molecular formula is C7H15NS. The van der Waals surface area contributed by atoms with Gasteiger partial charge in [-0.25, -0.2) is 0 Å². The summed E-state index contributed by atoms with van der Waals surface area (Å²) < 4.78 is 0. The van der Waals surface area contributed by atoms with Crippen LogP contribution in [0.4, 0.5) is 0 Å². The summed E-state index contributed by atoms with van der Waals surface area (Å²) >= 11 is 2.11. The predicted molar refractivity (Wildman–Crippen MR) is 44.0 cm³/mol. The third-order valence-electron chi connectivity index (χ3n) is 1.86. The van der Waals surface area contributed by atoms with Crippen molar-refractivity contribution in [3.05, 3.63) is 0 Å². The van der Waals surface area contributed by atoms with Crippen molar-refractivity contribution < 1.29 is 0 Å². The first kappa shape index (κ1) is 7.42. The van der Waals surface area contributed by atoms with E-state index in [0.717, 1.165) is 11.3 Å². The van der Waals surface area contributed by atoms with Crippen LogP contribution in [0.5, 0.6) is 0 Å². The molecule has 54 valence electrons. The molecule has 0 aliphatic carbocycles. The Bertz CT molecular complexity index is 85.0. The van der Waals surface area contributed by atoms with Crippen LogP contribution in [0.2, 0.25) is 0 Å². The quantitative estimate of drug-likeness (QED) is 0.600. The second-order valence-corrected chi connectivity index (χ2v) is 3.91. The van der Waals surface area contributed by atoms with Gasteiger partial charge in [0.15, 0.2) is 0 Å². The molecule has 0 aromatic rings. The summed E-state index contributed by atoms with van der Waals surface area (Å²) in [7, 11) is 0. The molecule has 1 nitrogen and oxygen atoms in total. The zero-order valence-electron chi connectivity index (χ0n) is 6.18. The van der Waals surface area contributed by atoms with Crippen molar-refractivity contribution in [1.29, 1.82) is 0 Å². The normalized spacial score (nSPS) is 36.7. The monoisotopic (exact) mass is 145 g/mol. The average Bonchev–Trinajstić information content (AvgIpc) is 1.89. The summed E-state index contributed by atoms with van der Waals surface area (Å²) in [5.41, 5.74) is 0. The molecule has 2 heteroatoms.